The standard InChI is InChI=1S/C13H10BrN3O5S/c14-10-6-4-9(5-7-10)13(18)15-16-23(21,22)12-3-1-2-11(8-12)17(19)20/h1-8,16H,(H,15,18). The van der Waals surface area contributed by atoms with Crippen LogP contribution in [0.3, 0.4) is 0 Å². The number of rotatable bonds is 5. The SMILES string of the molecule is O=C(NNS(=O)(=O)c1cccc([N+](=O)[O-])c1)c1ccc(Br)cc1. The van der Waals surface area contributed by atoms with Crippen LogP contribution >= 0.6 is 15.9 Å². The molecule has 2 aromatic carbocycles. The van der Waals surface area contributed by atoms with Gasteiger partial charge in [0.25, 0.3) is 21.6 Å². The molecule has 0 saturated carbocycles. The molecule has 0 aromatic heterocycles. The highest BCUT2D eigenvalue weighted by molar-refractivity contribution is 9.10. The van der Waals surface area contributed by atoms with Crippen molar-refractivity contribution in [3.05, 3.63) is 68.7 Å². The van der Waals surface area contributed by atoms with Gasteiger partial charge in [-0.05, 0) is 30.3 Å². The average Bonchev–Trinajstić information content (AvgIpc) is 2.53. The van der Waals surface area contributed by atoms with Crippen LogP contribution in [0.25, 0.3) is 0 Å². The zero-order chi connectivity index (χ0) is 17.0. The maximum Gasteiger partial charge on any atom is 0.270 e. The molecule has 120 valence electrons. The number of carbonyl (C=O) groups excluding carboxylic acids is 1. The van der Waals surface area contributed by atoms with E-state index in [1.54, 1.807) is 12.1 Å². The van der Waals surface area contributed by atoms with E-state index in [0.717, 1.165) is 10.5 Å². The van der Waals surface area contributed by atoms with Gasteiger partial charge in [-0.15, -0.1) is 4.83 Å². The molecule has 2 rings (SSSR count). The van der Waals surface area contributed by atoms with E-state index < -0.39 is 20.9 Å². The molecular formula is C13H10BrN3O5S. The summed E-state index contributed by atoms with van der Waals surface area (Å²) in [6.07, 6.45) is 0. The molecule has 0 aliphatic heterocycles. The van der Waals surface area contributed by atoms with Crippen LogP contribution in [0.15, 0.2) is 57.9 Å². The van der Waals surface area contributed by atoms with E-state index in [2.05, 4.69) is 15.9 Å². The summed E-state index contributed by atoms with van der Waals surface area (Å²) in [6.45, 7) is 0. The van der Waals surface area contributed by atoms with Gasteiger partial charge < -0.3 is 0 Å². The van der Waals surface area contributed by atoms with Gasteiger partial charge in [0.2, 0.25) is 0 Å². The van der Waals surface area contributed by atoms with Crippen molar-refractivity contribution in [3.8, 4) is 0 Å². The first-order chi connectivity index (χ1) is 10.8. The van der Waals surface area contributed by atoms with Crippen molar-refractivity contribution >= 4 is 37.5 Å². The number of non-ortho nitro benzene ring substituents is 1. The summed E-state index contributed by atoms with van der Waals surface area (Å²) < 4.78 is 24.9. The molecule has 0 fully saturated rings. The van der Waals surface area contributed by atoms with Gasteiger partial charge in [-0.25, -0.2) is 8.42 Å². The minimum absolute atomic E-state index is 0.245. The van der Waals surface area contributed by atoms with Gasteiger partial charge >= 0.3 is 0 Å². The summed E-state index contributed by atoms with van der Waals surface area (Å²) in [5.41, 5.74) is 1.92. The van der Waals surface area contributed by atoms with Crippen molar-refractivity contribution in [1.29, 1.82) is 0 Å². The van der Waals surface area contributed by atoms with Gasteiger partial charge in [0.1, 0.15) is 0 Å². The van der Waals surface area contributed by atoms with Crippen molar-refractivity contribution in [2.75, 3.05) is 0 Å². The van der Waals surface area contributed by atoms with E-state index in [1.807, 2.05) is 10.3 Å². The minimum Gasteiger partial charge on any atom is -0.273 e. The molecule has 23 heavy (non-hydrogen) atoms. The van der Waals surface area contributed by atoms with Crippen LogP contribution in [0.2, 0.25) is 0 Å². The van der Waals surface area contributed by atoms with Crippen LogP contribution in [0.1, 0.15) is 10.4 Å². The first-order valence-corrected chi connectivity index (χ1v) is 8.39. The number of amides is 1. The molecule has 0 aliphatic rings. The molecule has 2 N–H and O–H groups in total. The van der Waals surface area contributed by atoms with Gasteiger partial charge in [-0.1, -0.05) is 22.0 Å². The first-order valence-electron chi connectivity index (χ1n) is 6.12. The second-order valence-corrected chi connectivity index (χ2v) is 6.92. The van der Waals surface area contributed by atoms with Crippen molar-refractivity contribution in [2.24, 2.45) is 0 Å². The van der Waals surface area contributed by atoms with E-state index in [0.29, 0.717) is 0 Å². The number of carbonyl (C=O) groups is 1. The fourth-order valence-corrected chi connectivity index (χ4v) is 2.75. The highest BCUT2D eigenvalue weighted by atomic mass is 79.9. The Labute approximate surface area is 139 Å². The monoisotopic (exact) mass is 399 g/mol. The molecule has 0 bridgehead atoms. The number of hydrogen-bond acceptors (Lipinski definition) is 5. The van der Waals surface area contributed by atoms with Crippen molar-refractivity contribution < 1.29 is 18.1 Å². The predicted molar refractivity (Wildman–Crippen MR) is 85.0 cm³/mol. The molecule has 0 radical (unpaired) electrons. The highest BCUT2D eigenvalue weighted by Crippen LogP contribution is 2.16. The number of nitrogens with one attached hydrogen (secondary N) is 2. The predicted octanol–water partition coefficient (Wildman–Crippen LogP) is 1.98. The third-order valence-corrected chi connectivity index (χ3v) is 4.52. The Morgan fingerprint density at radius 1 is 1.13 bits per heavy atom. The van der Waals surface area contributed by atoms with Crippen molar-refractivity contribution in [2.45, 2.75) is 4.90 Å². The second kappa shape index (κ2) is 6.86. The number of benzene rings is 2. The van der Waals surface area contributed by atoms with Gasteiger partial charge in [0.05, 0.1) is 9.82 Å². The minimum atomic E-state index is -4.12. The van der Waals surface area contributed by atoms with Crippen LogP contribution in [0, 0.1) is 10.1 Å². The van der Waals surface area contributed by atoms with E-state index in [-0.39, 0.29) is 16.1 Å². The van der Waals surface area contributed by atoms with E-state index in [9.17, 15) is 23.3 Å². The molecule has 0 spiro atoms. The van der Waals surface area contributed by atoms with Gasteiger partial charge in [0.15, 0.2) is 0 Å². The molecule has 8 nitrogen and oxygen atoms in total. The maximum absolute atomic E-state index is 12.0. The smallest absolute Gasteiger partial charge is 0.270 e. The number of nitro benzene ring substituents is 1. The number of halogens is 1. The molecule has 10 heteroatoms. The molecule has 0 atom stereocenters. The Morgan fingerprint density at radius 2 is 1.78 bits per heavy atom. The normalized spacial score (nSPS) is 11.0. The summed E-state index contributed by atoms with van der Waals surface area (Å²) in [4.78, 5) is 23.4. The lowest BCUT2D eigenvalue weighted by atomic mass is 10.2. The Hall–Kier alpha value is -2.30. The quantitative estimate of drug-likeness (QED) is 0.588. The fourth-order valence-electron chi connectivity index (χ4n) is 1.61. The largest absolute Gasteiger partial charge is 0.273 e. The molecular weight excluding hydrogens is 390 g/mol. The molecule has 2 aromatic rings. The van der Waals surface area contributed by atoms with E-state index in [4.69, 9.17) is 0 Å². The second-order valence-electron chi connectivity index (χ2n) is 4.32. The van der Waals surface area contributed by atoms with Gasteiger partial charge in [0, 0.05) is 22.2 Å². The van der Waals surface area contributed by atoms with Crippen LogP contribution in [-0.2, 0) is 10.0 Å². The number of nitrogens with zero attached hydrogens (tertiary/aromatic N) is 1. The lowest BCUT2D eigenvalue weighted by molar-refractivity contribution is -0.385. The average molecular weight is 400 g/mol. The number of nitro groups is 1. The van der Waals surface area contributed by atoms with Gasteiger partial charge in [-0.2, -0.15) is 0 Å². The zero-order valence-corrected chi connectivity index (χ0v) is 13.8. The molecule has 0 aliphatic carbocycles. The van der Waals surface area contributed by atoms with Crippen LogP contribution < -0.4 is 10.3 Å². The number of sulfonamides is 1. The maximum atomic E-state index is 12.0. The molecule has 0 saturated heterocycles. The Morgan fingerprint density at radius 3 is 2.39 bits per heavy atom. The van der Waals surface area contributed by atoms with Crippen LogP contribution in [0.4, 0.5) is 5.69 Å². The Bertz CT molecular complexity index is 852. The van der Waals surface area contributed by atoms with Gasteiger partial charge in [-0.3, -0.25) is 20.3 Å². The summed E-state index contributed by atoms with van der Waals surface area (Å²) in [7, 11) is -4.12. The fraction of sp³-hybridized carbons (Fsp3) is 0. The third-order valence-electron chi connectivity index (χ3n) is 2.74. The number of hydrazine groups is 1. The summed E-state index contributed by atoms with van der Waals surface area (Å²) in [5.74, 6) is -0.661. The lowest BCUT2D eigenvalue weighted by Crippen LogP contribution is -2.41. The van der Waals surface area contributed by atoms with Crippen LogP contribution in [-0.4, -0.2) is 19.2 Å². The number of hydrogen-bond donors (Lipinski definition) is 2. The Balaban J connectivity index is 2.12. The third kappa shape index (κ3) is 4.34. The zero-order valence-electron chi connectivity index (χ0n) is 11.4. The lowest BCUT2D eigenvalue weighted by Gasteiger charge is -2.08. The molecule has 0 heterocycles. The van der Waals surface area contributed by atoms with Crippen LogP contribution in [0.5, 0.6) is 0 Å². The van der Waals surface area contributed by atoms with E-state index >= 15 is 0 Å². The summed E-state index contributed by atoms with van der Waals surface area (Å²) in [6, 6.07) is 10.7. The summed E-state index contributed by atoms with van der Waals surface area (Å²) in [5, 5.41) is 10.7. The van der Waals surface area contributed by atoms with E-state index in [1.165, 1.54) is 30.3 Å². The van der Waals surface area contributed by atoms with Crippen molar-refractivity contribution in [3.63, 3.8) is 0 Å². The highest BCUT2D eigenvalue weighted by Gasteiger charge is 2.18. The summed E-state index contributed by atoms with van der Waals surface area (Å²) >= 11 is 3.22. The molecule has 0 unspecified atom stereocenters. The molecule has 1 amide bonds. The van der Waals surface area contributed by atoms with Crippen molar-refractivity contribution in [1.82, 2.24) is 10.3 Å². The topological polar surface area (TPSA) is 118 Å². The Kier molecular flexibility index (Phi) is 5.08. The first kappa shape index (κ1) is 17.1.